The Bertz CT molecular complexity index is 492. The number of unbranched alkanes of at least 4 members (excludes halogenated alkanes) is 1. The van der Waals surface area contributed by atoms with Crippen LogP contribution >= 0.6 is 0 Å². The van der Waals surface area contributed by atoms with Crippen molar-refractivity contribution in [2.75, 3.05) is 6.61 Å². The maximum Gasteiger partial charge on any atom is 0.165 e. The topological polar surface area (TPSA) is 59.0 Å². The highest BCUT2D eigenvalue weighted by Gasteiger charge is 2.16. The van der Waals surface area contributed by atoms with Gasteiger partial charge in [-0.05, 0) is 58.1 Å². The standard InChI is InChI=1S/C17H25FN2O/c1-13(20)11-14-7-6-8-15(18)16(14)21-10-5-4-9-17(2,3)12-19/h6-8,13H,4-5,9-11,20H2,1-3H3. The second kappa shape index (κ2) is 7.99. The highest BCUT2D eigenvalue weighted by Crippen LogP contribution is 2.25. The molecule has 0 bridgehead atoms. The van der Waals surface area contributed by atoms with Crippen LogP contribution in [0.5, 0.6) is 5.75 Å². The highest BCUT2D eigenvalue weighted by atomic mass is 19.1. The molecule has 0 saturated heterocycles. The van der Waals surface area contributed by atoms with Crippen molar-refractivity contribution in [1.82, 2.24) is 0 Å². The lowest BCUT2D eigenvalue weighted by Gasteiger charge is -2.16. The van der Waals surface area contributed by atoms with Crippen molar-refractivity contribution in [3.8, 4) is 11.8 Å². The second-order valence-corrected chi connectivity index (χ2v) is 6.21. The maximum absolute atomic E-state index is 13.8. The molecule has 0 aromatic heterocycles. The van der Waals surface area contributed by atoms with Crippen LogP contribution in [0.4, 0.5) is 4.39 Å². The summed E-state index contributed by atoms with van der Waals surface area (Å²) in [4.78, 5) is 0. The van der Waals surface area contributed by atoms with E-state index in [-0.39, 0.29) is 17.3 Å². The van der Waals surface area contributed by atoms with Gasteiger partial charge in [0.2, 0.25) is 0 Å². The van der Waals surface area contributed by atoms with E-state index in [9.17, 15) is 4.39 Å². The van der Waals surface area contributed by atoms with Gasteiger partial charge in [-0.15, -0.1) is 0 Å². The van der Waals surface area contributed by atoms with Gasteiger partial charge in [-0.3, -0.25) is 0 Å². The summed E-state index contributed by atoms with van der Waals surface area (Å²) in [6.45, 7) is 6.18. The largest absolute Gasteiger partial charge is 0.490 e. The molecule has 1 atom stereocenters. The monoisotopic (exact) mass is 292 g/mol. The van der Waals surface area contributed by atoms with Gasteiger partial charge >= 0.3 is 0 Å². The molecule has 0 spiro atoms. The summed E-state index contributed by atoms with van der Waals surface area (Å²) in [6.07, 6.45) is 3.10. The first-order chi connectivity index (χ1) is 9.85. The first-order valence-electron chi connectivity index (χ1n) is 7.43. The van der Waals surface area contributed by atoms with Crippen molar-refractivity contribution in [3.63, 3.8) is 0 Å². The maximum atomic E-state index is 13.8. The third kappa shape index (κ3) is 6.14. The number of nitrogens with zero attached hydrogens (tertiary/aromatic N) is 1. The molecule has 3 nitrogen and oxygen atoms in total. The number of nitriles is 1. The SMILES string of the molecule is CC(N)Cc1cccc(F)c1OCCCCC(C)(C)C#N. The summed E-state index contributed by atoms with van der Waals surface area (Å²) in [5.74, 6) is -0.0279. The molecule has 0 radical (unpaired) electrons. The Morgan fingerprint density at radius 1 is 1.38 bits per heavy atom. The van der Waals surface area contributed by atoms with Crippen LogP contribution in [-0.4, -0.2) is 12.6 Å². The minimum Gasteiger partial charge on any atom is -0.490 e. The van der Waals surface area contributed by atoms with E-state index < -0.39 is 0 Å². The van der Waals surface area contributed by atoms with E-state index in [1.54, 1.807) is 6.07 Å². The van der Waals surface area contributed by atoms with E-state index in [1.165, 1.54) is 6.07 Å². The summed E-state index contributed by atoms with van der Waals surface area (Å²) >= 11 is 0. The fourth-order valence-corrected chi connectivity index (χ4v) is 2.12. The zero-order chi connectivity index (χ0) is 15.9. The molecule has 1 unspecified atom stereocenters. The minimum absolute atomic E-state index is 0.0365. The summed E-state index contributed by atoms with van der Waals surface area (Å²) in [7, 11) is 0. The van der Waals surface area contributed by atoms with E-state index >= 15 is 0 Å². The van der Waals surface area contributed by atoms with Crippen LogP contribution in [0.1, 0.15) is 45.6 Å². The Labute approximate surface area is 126 Å². The van der Waals surface area contributed by atoms with E-state index in [0.29, 0.717) is 18.8 Å². The molecular weight excluding hydrogens is 267 g/mol. The molecule has 4 heteroatoms. The molecule has 0 aliphatic heterocycles. The zero-order valence-corrected chi connectivity index (χ0v) is 13.2. The first-order valence-corrected chi connectivity index (χ1v) is 7.43. The molecule has 116 valence electrons. The number of hydrogen-bond donors (Lipinski definition) is 1. The first kappa shape index (κ1) is 17.5. The summed E-state index contributed by atoms with van der Waals surface area (Å²) in [5, 5.41) is 8.94. The van der Waals surface area contributed by atoms with E-state index in [0.717, 1.165) is 24.8 Å². The number of halogens is 1. The molecule has 1 aromatic rings. The lowest BCUT2D eigenvalue weighted by Crippen LogP contribution is -2.18. The van der Waals surface area contributed by atoms with E-state index in [4.69, 9.17) is 15.7 Å². The minimum atomic E-state index is -0.342. The van der Waals surface area contributed by atoms with E-state index in [2.05, 4.69) is 6.07 Å². The number of benzene rings is 1. The van der Waals surface area contributed by atoms with Gasteiger partial charge in [-0.25, -0.2) is 4.39 Å². The molecule has 0 amide bonds. The molecular formula is C17H25FN2O. The number of ether oxygens (including phenoxy) is 1. The quantitative estimate of drug-likeness (QED) is 0.741. The lowest BCUT2D eigenvalue weighted by molar-refractivity contribution is 0.279. The van der Waals surface area contributed by atoms with Gasteiger partial charge in [0.05, 0.1) is 18.1 Å². The third-order valence-electron chi connectivity index (χ3n) is 3.34. The molecule has 21 heavy (non-hydrogen) atoms. The highest BCUT2D eigenvalue weighted by molar-refractivity contribution is 5.35. The predicted octanol–water partition coefficient (Wildman–Crippen LogP) is 3.81. The van der Waals surface area contributed by atoms with Gasteiger partial charge < -0.3 is 10.5 Å². The van der Waals surface area contributed by atoms with Crippen molar-refractivity contribution < 1.29 is 9.13 Å². The van der Waals surface area contributed by atoms with Crippen LogP contribution in [0, 0.1) is 22.6 Å². The Morgan fingerprint density at radius 3 is 2.71 bits per heavy atom. The van der Waals surface area contributed by atoms with Crippen LogP contribution in [-0.2, 0) is 6.42 Å². The molecule has 2 N–H and O–H groups in total. The van der Waals surface area contributed by atoms with Gasteiger partial charge in [-0.2, -0.15) is 5.26 Å². The predicted molar refractivity (Wildman–Crippen MR) is 82.5 cm³/mol. The lowest BCUT2D eigenvalue weighted by atomic mass is 9.89. The van der Waals surface area contributed by atoms with Gasteiger partial charge in [-0.1, -0.05) is 12.1 Å². The van der Waals surface area contributed by atoms with Crippen LogP contribution in [0.2, 0.25) is 0 Å². The average molecular weight is 292 g/mol. The molecule has 0 saturated carbocycles. The summed E-state index contributed by atoms with van der Waals surface area (Å²) in [5.41, 5.74) is 6.27. The van der Waals surface area contributed by atoms with Gasteiger partial charge in [0.1, 0.15) is 0 Å². The van der Waals surface area contributed by atoms with Crippen molar-refractivity contribution in [2.45, 2.75) is 52.5 Å². The molecule has 1 aromatic carbocycles. The smallest absolute Gasteiger partial charge is 0.165 e. The number of nitrogens with two attached hydrogens (primary N) is 1. The Morgan fingerprint density at radius 2 is 2.10 bits per heavy atom. The second-order valence-electron chi connectivity index (χ2n) is 6.21. The molecule has 0 aliphatic carbocycles. The fourth-order valence-electron chi connectivity index (χ4n) is 2.12. The van der Waals surface area contributed by atoms with Crippen molar-refractivity contribution in [1.29, 1.82) is 5.26 Å². The summed E-state index contributed by atoms with van der Waals surface area (Å²) < 4.78 is 19.4. The van der Waals surface area contributed by atoms with E-state index in [1.807, 2.05) is 26.8 Å². The normalized spacial score (nSPS) is 12.8. The molecule has 0 heterocycles. The van der Waals surface area contributed by atoms with Gasteiger partial charge in [0.25, 0.3) is 0 Å². The van der Waals surface area contributed by atoms with Crippen LogP contribution < -0.4 is 10.5 Å². The Kier molecular flexibility index (Phi) is 6.64. The van der Waals surface area contributed by atoms with Crippen LogP contribution in [0.15, 0.2) is 18.2 Å². The third-order valence-corrected chi connectivity index (χ3v) is 3.34. The zero-order valence-electron chi connectivity index (χ0n) is 13.2. The van der Waals surface area contributed by atoms with Gasteiger partial charge in [0, 0.05) is 6.04 Å². The van der Waals surface area contributed by atoms with Crippen LogP contribution in [0.3, 0.4) is 0 Å². The number of rotatable bonds is 8. The Hall–Kier alpha value is -1.60. The number of hydrogen-bond acceptors (Lipinski definition) is 3. The average Bonchev–Trinajstić information content (AvgIpc) is 2.40. The molecule has 0 aliphatic rings. The Balaban J connectivity index is 2.50. The summed E-state index contributed by atoms with van der Waals surface area (Å²) in [6, 6.07) is 7.16. The van der Waals surface area contributed by atoms with Crippen molar-refractivity contribution in [2.24, 2.45) is 11.1 Å². The van der Waals surface area contributed by atoms with Gasteiger partial charge in [0.15, 0.2) is 11.6 Å². The van der Waals surface area contributed by atoms with Crippen LogP contribution in [0.25, 0.3) is 0 Å². The molecule has 1 rings (SSSR count). The van der Waals surface area contributed by atoms with Crippen molar-refractivity contribution >= 4 is 0 Å². The number of para-hydroxylation sites is 1. The van der Waals surface area contributed by atoms with Crippen molar-refractivity contribution in [3.05, 3.63) is 29.6 Å². The fraction of sp³-hybridized carbons (Fsp3) is 0.588. The molecule has 0 fully saturated rings.